The number of rotatable bonds is 4. The van der Waals surface area contributed by atoms with Crippen LogP contribution in [-0.4, -0.2) is 36.0 Å². The number of fused-ring (bicyclic) bond motifs is 1. The number of allylic oxidation sites excluding steroid dienone is 1. The Morgan fingerprint density at radius 1 is 1.23 bits per heavy atom. The Kier molecular flexibility index (Phi) is 6.00. The summed E-state index contributed by atoms with van der Waals surface area (Å²) in [6.07, 6.45) is 8.79. The van der Waals surface area contributed by atoms with Gasteiger partial charge in [0.1, 0.15) is 0 Å². The van der Waals surface area contributed by atoms with Gasteiger partial charge in [-0.15, -0.1) is 0 Å². The molecule has 31 heavy (non-hydrogen) atoms. The number of aromatic nitrogens is 1. The second-order valence-corrected chi connectivity index (χ2v) is 10.9. The summed E-state index contributed by atoms with van der Waals surface area (Å²) >= 11 is 0. The van der Waals surface area contributed by atoms with Gasteiger partial charge in [-0.05, 0) is 55.7 Å². The quantitative estimate of drug-likeness (QED) is 0.697. The summed E-state index contributed by atoms with van der Waals surface area (Å²) in [6, 6.07) is 13.7. The fourth-order valence-electron chi connectivity index (χ4n) is 5.46. The van der Waals surface area contributed by atoms with E-state index in [0.29, 0.717) is 11.5 Å². The molecule has 4 rings (SSSR count). The summed E-state index contributed by atoms with van der Waals surface area (Å²) in [5.74, 6) is 0.828. The largest absolute Gasteiger partial charge is 0.256 e. The van der Waals surface area contributed by atoms with Crippen LogP contribution < -0.4 is 0 Å². The van der Waals surface area contributed by atoms with Crippen molar-refractivity contribution in [2.45, 2.75) is 44.4 Å². The molecule has 0 amide bonds. The third-order valence-corrected chi connectivity index (χ3v) is 9.76. The molecule has 1 aromatic carbocycles. The summed E-state index contributed by atoms with van der Waals surface area (Å²) in [7, 11) is -1.49. The lowest BCUT2D eigenvalue weighted by molar-refractivity contribution is 0.161. The molecule has 2 fully saturated rings. The Bertz CT molecular complexity index is 1120. The molecule has 1 saturated heterocycles. The van der Waals surface area contributed by atoms with Crippen LogP contribution in [0.1, 0.15) is 44.4 Å². The summed E-state index contributed by atoms with van der Waals surface area (Å²) in [4.78, 5) is 4.59. The second-order valence-electron chi connectivity index (χ2n) is 8.73. The van der Waals surface area contributed by atoms with Gasteiger partial charge in [-0.3, -0.25) is 4.98 Å². The van der Waals surface area contributed by atoms with Crippen molar-refractivity contribution >= 4 is 16.1 Å². The van der Waals surface area contributed by atoms with Crippen LogP contribution in [0, 0.1) is 29.1 Å². The highest BCUT2D eigenvalue weighted by molar-refractivity contribution is 7.90. The summed E-state index contributed by atoms with van der Waals surface area (Å²) in [6.45, 7) is 4.24. The van der Waals surface area contributed by atoms with Crippen LogP contribution in [0.4, 0.5) is 0 Å². The minimum Gasteiger partial charge on any atom is -0.256 e. The number of nitrogens with zero attached hydrogens (tertiary/aromatic N) is 3. The number of benzene rings is 1. The number of hydrogen-bond acceptors (Lipinski definition) is 4. The Morgan fingerprint density at radius 2 is 2.00 bits per heavy atom. The van der Waals surface area contributed by atoms with Gasteiger partial charge in [0.2, 0.25) is 10.0 Å². The minimum atomic E-state index is -3.21. The second kappa shape index (κ2) is 8.57. The van der Waals surface area contributed by atoms with Gasteiger partial charge in [-0.2, -0.15) is 5.26 Å². The standard InChI is InChI=1S/C25H29N3O2S/c1-4-18-10-14-24-25(17(2)28(3)31(24,29)30)23(18)13-12-21-11-9-20(16-27-21)22-8-6-5-7-19(22)15-26/h5-9,11-13,16-18,23-25H,4,10,14H2,1-3H3/b13-12+/t17-,18-,23+,24-,25+/m1/s1. The normalized spacial score (nSPS) is 30.2. The smallest absolute Gasteiger partial charge is 0.217 e. The molecular weight excluding hydrogens is 406 g/mol. The lowest BCUT2D eigenvalue weighted by Crippen LogP contribution is -2.39. The molecule has 1 aliphatic carbocycles. The van der Waals surface area contributed by atoms with E-state index in [1.54, 1.807) is 23.6 Å². The lowest BCUT2D eigenvalue weighted by Gasteiger charge is -2.38. The van der Waals surface area contributed by atoms with Crippen molar-refractivity contribution in [2.75, 3.05) is 7.05 Å². The van der Waals surface area contributed by atoms with Gasteiger partial charge in [0.15, 0.2) is 0 Å². The number of nitriles is 1. The molecule has 1 aliphatic heterocycles. The molecule has 2 aromatic rings. The van der Waals surface area contributed by atoms with E-state index in [1.165, 1.54) is 0 Å². The van der Waals surface area contributed by atoms with Gasteiger partial charge >= 0.3 is 0 Å². The summed E-state index contributed by atoms with van der Waals surface area (Å²) in [5.41, 5.74) is 3.27. The molecule has 0 N–H and O–H groups in total. The Hall–Kier alpha value is -2.49. The molecular formula is C25H29N3O2S. The molecule has 0 spiro atoms. The van der Waals surface area contributed by atoms with Gasteiger partial charge in [-0.1, -0.05) is 43.7 Å². The van der Waals surface area contributed by atoms with Crippen molar-refractivity contribution in [1.29, 1.82) is 5.26 Å². The van der Waals surface area contributed by atoms with Crippen LogP contribution in [0.5, 0.6) is 0 Å². The highest BCUT2D eigenvalue weighted by atomic mass is 32.2. The van der Waals surface area contributed by atoms with Crippen LogP contribution in [0.25, 0.3) is 17.2 Å². The van der Waals surface area contributed by atoms with E-state index in [2.05, 4.69) is 24.1 Å². The third kappa shape index (κ3) is 3.81. The van der Waals surface area contributed by atoms with Crippen LogP contribution >= 0.6 is 0 Å². The maximum Gasteiger partial charge on any atom is 0.217 e. The van der Waals surface area contributed by atoms with Gasteiger partial charge in [0, 0.05) is 30.4 Å². The van der Waals surface area contributed by atoms with Gasteiger partial charge in [-0.25, -0.2) is 12.7 Å². The van der Waals surface area contributed by atoms with Crippen LogP contribution in [0.2, 0.25) is 0 Å². The van der Waals surface area contributed by atoms with Crippen molar-refractivity contribution in [3.05, 3.63) is 59.9 Å². The molecule has 2 aliphatic rings. The van der Waals surface area contributed by atoms with Crippen LogP contribution in [0.15, 0.2) is 48.7 Å². The first-order valence-corrected chi connectivity index (χ1v) is 12.5. The van der Waals surface area contributed by atoms with E-state index in [9.17, 15) is 13.7 Å². The maximum atomic E-state index is 12.8. The molecule has 1 saturated carbocycles. The van der Waals surface area contributed by atoms with Crippen molar-refractivity contribution in [2.24, 2.45) is 17.8 Å². The number of sulfonamides is 1. The predicted molar refractivity (Wildman–Crippen MR) is 123 cm³/mol. The van der Waals surface area contributed by atoms with Crippen molar-refractivity contribution in [3.63, 3.8) is 0 Å². The van der Waals surface area contributed by atoms with Gasteiger partial charge in [0.25, 0.3) is 0 Å². The maximum absolute atomic E-state index is 12.8. The molecule has 0 bridgehead atoms. The predicted octanol–water partition coefficient (Wildman–Crippen LogP) is 4.72. The van der Waals surface area contributed by atoms with Crippen molar-refractivity contribution in [3.8, 4) is 17.2 Å². The molecule has 5 atom stereocenters. The summed E-state index contributed by atoms with van der Waals surface area (Å²) < 4.78 is 27.3. The molecule has 5 nitrogen and oxygen atoms in total. The first kappa shape index (κ1) is 21.7. The van der Waals surface area contributed by atoms with Crippen LogP contribution in [0.3, 0.4) is 0 Å². The van der Waals surface area contributed by atoms with Crippen LogP contribution in [-0.2, 0) is 10.0 Å². The van der Waals surface area contributed by atoms with E-state index in [4.69, 9.17) is 0 Å². The zero-order chi connectivity index (χ0) is 22.2. The van der Waals surface area contributed by atoms with E-state index >= 15 is 0 Å². The number of pyridine rings is 1. The Labute approximate surface area is 185 Å². The molecule has 162 valence electrons. The molecule has 0 radical (unpaired) electrons. The van der Waals surface area contributed by atoms with E-state index < -0.39 is 10.0 Å². The van der Waals surface area contributed by atoms with Gasteiger partial charge < -0.3 is 0 Å². The van der Waals surface area contributed by atoms with Gasteiger partial charge in [0.05, 0.1) is 22.6 Å². The zero-order valence-electron chi connectivity index (χ0n) is 18.3. The van der Waals surface area contributed by atoms with E-state index in [0.717, 1.165) is 36.1 Å². The topological polar surface area (TPSA) is 74.1 Å². The van der Waals surface area contributed by atoms with E-state index in [1.807, 2.05) is 43.3 Å². The lowest BCUT2D eigenvalue weighted by atomic mass is 9.68. The molecule has 1 aromatic heterocycles. The highest BCUT2D eigenvalue weighted by Crippen LogP contribution is 2.48. The fraction of sp³-hybridized carbons (Fsp3) is 0.440. The summed E-state index contributed by atoms with van der Waals surface area (Å²) in [5, 5.41) is 9.06. The molecule has 2 heterocycles. The average Bonchev–Trinajstić information content (AvgIpc) is 2.98. The Balaban J connectivity index is 1.60. The number of hydrogen-bond donors (Lipinski definition) is 0. The zero-order valence-corrected chi connectivity index (χ0v) is 19.1. The van der Waals surface area contributed by atoms with E-state index in [-0.39, 0.29) is 23.1 Å². The SMILES string of the molecule is CC[C@@H]1CC[C@@H]2[C@H]([C@H]1/C=C/c1ccc(-c3ccccc3C#N)cn1)[C@@H](C)N(C)S2(=O)=O. The first-order chi connectivity index (χ1) is 14.9. The average molecular weight is 436 g/mol. The molecule has 0 unspecified atom stereocenters. The Morgan fingerprint density at radius 3 is 2.68 bits per heavy atom. The molecule has 6 heteroatoms. The third-order valence-electron chi connectivity index (χ3n) is 7.31. The minimum absolute atomic E-state index is 0.0109. The monoisotopic (exact) mass is 435 g/mol. The van der Waals surface area contributed by atoms with Crippen molar-refractivity contribution in [1.82, 2.24) is 9.29 Å². The fourth-order valence-corrected chi connectivity index (χ4v) is 7.73. The first-order valence-electron chi connectivity index (χ1n) is 11.0. The van der Waals surface area contributed by atoms with Crippen molar-refractivity contribution < 1.29 is 8.42 Å². The highest BCUT2D eigenvalue weighted by Gasteiger charge is 2.54.